The lowest BCUT2D eigenvalue weighted by Gasteiger charge is -2.06. The molecule has 0 atom stereocenters. The van der Waals surface area contributed by atoms with E-state index in [-0.39, 0.29) is 41.8 Å². The first-order chi connectivity index (χ1) is 39.9. The van der Waals surface area contributed by atoms with Crippen LogP contribution in [0.1, 0.15) is 79.5 Å². The Morgan fingerprint density at radius 2 is 0.798 bits per heavy atom. The van der Waals surface area contributed by atoms with E-state index in [0.29, 0.717) is 52.7 Å². The summed E-state index contributed by atoms with van der Waals surface area (Å²) in [6, 6.07) is 40.2. The quantitative estimate of drug-likeness (QED) is 0.0204. The predicted molar refractivity (Wildman–Crippen MR) is 331 cm³/mol. The average Bonchev–Trinajstić information content (AvgIpc) is 3.55. The van der Waals surface area contributed by atoms with E-state index in [1.54, 1.807) is 94.4 Å². The molecule has 0 unspecified atom stereocenters. The minimum Gasteiger partial charge on any atom is -0.478 e. The van der Waals surface area contributed by atoms with Crippen molar-refractivity contribution in [3.8, 4) is 22.3 Å². The van der Waals surface area contributed by atoms with Gasteiger partial charge in [-0.1, -0.05) is 42.5 Å². The van der Waals surface area contributed by atoms with Crippen LogP contribution >= 0.6 is 67.8 Å². The Morgan fingerprint density at radius 3 is 1.11 bits per heavy atom. The molecule has 0 aromatic heterocycles. The predicted octanol–water partition coefficient (Wildman–Crippen LogP) is 14.5. The third-order valence-electron chi connectivity index (χ3n) is 9.86. The van der Waals surface area contributed by atoms with Crippen molar-refractivity contribution in [1.29, 1.82) is 0 Å². The van der Waals surface area contributed by atoms with Crippen LogP contribution in [-0.2, 0) is 14.2 Å². The lowest BCUT2D eigenvalue weighted by molar-refractivity contribution is 0.0516. The fourth-order valence-corrected chi connectivity index (χ4v) is 7.86. The maximum atomic E-state index is 13.7. The zero-order valence-corrected chi connectivity index (χ0v) is 51.4. The highest BCUT2D eigenvalue weighted by molar-refractivity contribution is 14.1. The van der Waals surface area contributed by atoms with Gasteiger partial charge in [-0.3, -0.25) is 0 Å². The smallest absolute Gasteiger partial charge is 0.478 e. The maximum Gasteiger partial charge on any atom is 0.530 e. The van der Waals surface area contributed by atoms with Crippen LogP contribution in [0.4, 0.5) is 26.3 Å². The number of esters is 3. The van der Waals surface area contributed by atoms with Gasteiger partial charge in [0.1, 0.15) is 35.4 Å². The third-order valence-corrected chi connectivity index (χ3v) is 11.9. The van der Waals surface area contributed by atoms with Crippen LogP contribution in [0.5, 0.6) is 0 Å². The number of hydrogen-bond acceptors (Lipinski definition) is 11. The first kappa shape index (κ1) is 72.8. The number of aliphatic hydroxyl groups excluding tert-OH is 1. The molecule has 1 aliphatic rings. The Balaban J connectivity index is 0.000000346. The van der Waals surface area contributed by atoms with Gasteiger partial charge in [-0.25, -0.2) is 41.5 Å². The van der Waals surface area contributed by atoms with Gasteiger partial charge in [-0.2, -0.15) is 0 Å². The molecule has 13 nitrogen and oxygen atoms in total. The van der Waals surface area contributed by atoms with Crippen LogP contribution in [0.15, 0.2) is 187 Å². The van der Waals surface area contributed by atoms with Crippen LogP contribution in [0.25, 0.3) is 22.3 Å². The molecule has 0 saturated carbocycles. The Bertz CT molecular complexity index is 3360. The highest BCUT2D eigenvalue weighted by atomic mass is 127. The highest BCUT2D eigenvalue weighted by Gasteiger charge is 2.29. The standard InChI is InChI=1S/C15H12F2O2.C13H8F2O2.2C9H9IO2.C7H5IO2.C6H4BF2O2.C2H6O/c1-2-19-15(18)11-5-3-4-10(8-11)13-7-6-12(16)9-14(13)17;14-10-4-5-11(12(15)7-10)8-2-1-3-9(6-8)13(16)17;2*1-2-12-9(11)7-4-3-5-8(10)6-7;8-6-3-1-2-5(4-6)7(9)10;8-4-1-2-5(7(10)11)6(9)3-4;1-2-3/h3-9H,2H2,1H3;1-7H,(H,16,17);2*3-6H,2H2,1H3;1-4H,(H,9,10);1,3,10-11H;3H,2H2,1H3/q;;;;;+1;. The molecule has 0 heterocycles. The van der Waals surface area contributed by atoms with Gasteiger partial charge in [0.05, 0.1) is 47.6 Å². The van der Waals surface area contributed by atoms with Crippen molar-refractivity contribution in [2.75, 3.05) is 26.4 Å². The Labute approximate surface area is 521 Å². The number of aromatic carboxylic acids is 2. The molecule has 7 aromatic rings. The molecular formula is C61H53BF6I3O13+. The first-order valence-corrected chi connectivity index (χ1v) is 27.8. The summed E-state index contributed by atoms with van der Waals surface area (Å²) in [5.41, 5.74) is 2.84. The van der Waals surface area contributed by atoms with E-state index in [4.69, 9.17) is 39.6 Å². The number of carboxylic acids is 2. The van der Waals surface area contributed by atoms with E-state index in [9.17, 15) is 50.3 Å². The van der Waals surface area contributed by atoms with Crippen LogP contribution in [-0.4, -0.2) is 88.8 Å². The monoisotopic (exact) mass is 1500 g/mol. The number of hydrogen-bond donors (Lipinski definition) is 5. The van der Waals surface area contributed by atoms with Crippen molar-refractivity contribution < 1.29 is 89.9 Å². The number of carbonyl (C=O) groups is 5. The minimum atomic E-state index is -1.95. The molecule has 0 aliphatic heterocycles. The van der Waals surface area contributed by atoms with Crippen LogP contribution < -0.4 is 0 Å². The molecule has 23 heteroatoms. The van der Waals surface area contributed by atoms with Crippen LogP contribution in [0.3, 0.4) is 0 Å². The number of rotatable bonds is 11. The summed E-state index contributed by atoms with van der Waals surface area (Å²) < 4.78 is 95.0. The summed E-state index contributed by atoms with van der Waals surface area (Å²) in [5, 5.41) is 41.8. The first-order valence-electron chi connectivity index (χ1n) is 24.6. The zero-order chi connectivity index (χ0) is 62.9. The van der Waals surface area contributed by atoms with Crippen LogP contribution in [0, 0.1) is 40.1 Å². The normalized spacial score (nSPS) is 10.5. The van der Waals surface area contributed by atoms with E-state index in [1.165, 1.54) is 42.5 Å². The number of ether oxygens (including phenoxy) is 3. The van der Waals surface area contributed by atoms with Gasteiger partial charge in [-0.05, 0) is 210 Å². The van der Waals surface area contributed by atoms with Gasteiger partial charge < -0.3 is 39.6 Å². The van der Waals surface area contributed by atoms with E-state index < -0.39 is 65.4 Å². The fraction of sp³-hybridized carbons (Fsp3) is 0.131. The summed E-state index contributed by atoms with van der Waals surface area (Å²) in [5.74, 6) is -7.43. The SMILES string of the molecule is CCO.CCOC(=O)c1cccc(-c2ccc(F)cc2F)c1.CCOC(=O)c1cccc(I)c1.CCOC(=O)c1cccc(I)c1.O=C(O)c1cccc(-c2ccc(F)cc2F)c1.O=C(O)c1cccc(I)c1.OB(O)C1=C(F)C=C(F)C=[C+]1. The van der Waals surface area contributed by atoms with Crippen molar-refractivity contribution >= 4 is 105 Å². The van der Waals surface area contributed by atoms with Gasteiger partial charge in [0, 0.05) is 46.7 Å². The van der Waals surface area contributed by atoms with Crippen molar-refractivity contribution in [3.63, 3.8) is 0 Å². The topological polar surface area (TPSA) is 214 Å². The molecule has 440 valence electrons. The molecule has 7 aromatic carbocycles. The van der Waals surface area contributed by atoms with Gasteiger partial charge in [0.15, 0.2) is 5.47 Å². The molecular weight excluding hydrogens is 1450 g/mol. The third kappa shape index (κ3) is 27.0. The zero-order valence-electron chi connectivity index (χ0n) is 45.0. The van der Waals surface area contributed by atoms with Crippen molar-refractivity contribution in [3.05, 3.63) is 255 Å². The molecule has 0 bridgehead atoms. The summed E-state index contributed by atoms with van der Waals surface area (Å²) in [6.45, 7) is 8.35. The highest BCUT2D eigenvalue weighted by Crippen LogP contribution is 2.26. The van der Waals surface area contributed by atoms with E-state index in [1.807, 2.05) is 30.3 Å². The molecule has 0 amide bonds. The van der Waals surface area contributed by atoms with Crippen molar-refractivity contribution in [2.24, 2.45) is 0 Å². The number of carboxylic acid groups (broad SMARTS) is 2. The second-order valence-electron chi connectivity index (χ2n) is 16.0. The molecule has 8 rings (SSSR count). The number of carbonyl (C=O) groups excluding carboxylic acids is 3. The second kappa shape index (κ2) is 39.3. The van der Waals surface area contributed by atoms with Crippen LogP contribution in [0.2, 0.25) is 0 Å². The molecule has 0 fully saturated rings. The number of benzene rings is 7. The van der Waals surface area contributed by atoms with E-state index in [2.05, 4.69) is 73.8 Å². The summed E-state index contributed by atoms with van der Waals surface area (Å²) >= 11 is 6.39. The van der Waals surface area contributed by atoms with Crippen molar-refractivity contribution in [1.82, 2.24) is 0 Å². The number of allylic oxidation sites excluding steroid dienone is 6. The molecule has 0 spiro atoms. The number of aliphatic hydroxyl groups is 1. The summed E-state index contributed by atoms with van der Waals surface area (Å²) in [6.07, 6.45) is 3.45. The summed E-state index contributed by atoms with van der Waals surface area (Å²) in [7, 11) is -1.95. The number of halogens is 9. The van der Waals surface area contributed by atoms with Gasteiger partial charge in [-0.15, -0.1) is 8.78 Å². The van der Waals surface area contributed by atoms with Gasteiger partial charge in [0.2, 0.25) is 11.7 Å². The van der Waals surface area contributed by atoms with E-state index >= 15 is 0 Å². The lowest BCUT2D eigenvalue weighted by Crippen LogP contribution is -2.16. The van der Waals surface area contributed by atoms with Gasteiger partial charge in [0.25, 0.3) is 0 Å². The summed E-state index contributed by atoms with van der Waals surface area (Å²) in [4.78, 5) is 55.1. The molecule has 1 aliphatic carbocycles. The van der Waals surface area contributed by atoms with Gasteiger partial charge >= 0.3 is 37.0 Å². The minimum absolute atomic E-state index is 0.0613. The molecule has 0 saturated heterocycles. The van der Waals surface area contributed by atoms with E-state index in [0.717, 1.165) is 35.0 Å². The molecule has 0 radical (unpaired) electrons. The Morgan fingerprint density at radius 1 is 0.476 bits per heavy atom. The Kier molecular flexibility index (Phi) is 34.1. The maximum absolute atomic E-state index is 13.7. The second-order valence-corrected chi connectivity index (χ2v) is 19.7. The Hall–Kier alpha value is -7.27. The largest absolute Gasteiger partial charge is 0.530 e. The average molecular weight is 1500 g/mol. The molecule has 84 heavy (non-hydrogen) atoms. The lowest BCUT2D eigenvalue weighted by atomic mass is 9.77. The fourth-order valence-electron chi connectivity index (χ4n) is 6.23. The molecule has 5 N–H and O–H groups in total. The van der Waals surface area contributed by atoms with Crippen molar-refractivity contribution in [2.45, 2.75) is 27.7 Å².